The Morgan fingerprint density at radius 1 is 1.44 bits per heavy atom. The summed E-state index contributed by atoms with van der Waals surface area (Å²) in [5.74, 6) is -1.18. The van der Waals surface area contributed by atoms with E-state index in [1.807, 2.05) is 6.92 Å². The van der Waals surface area contributed by atoms with Crippen LogP contribution in [0, 0.1) is 11.6 Å². The molecule has 0 spiro atoms. The fraction of sp³-hybridized carbons (Fsp3) is 0.250. The number of aliphatic imine (C=N–C) groups is 1. The zero-order valence-corrected chi connectivity index (χ0v) is 11.5. The second-order valence-electron chi connectivity index (χ2n) is 3.86. The fourth-order valence-electron chi connectivity index (χ4n) is 1.18. The van der Waals surface area contributed by atoms with Gasteiger partial charge in [0.2, 0.25) is 0 Å². The molecule has 0 radical (unpaired) electrons. The lowest BCUT2D eigenvalue weighted by Gasteiger charge is -2.06. The van der Waals surface area contributed by atoms with Gasteiger partial charge in [-0.2, -0.15) is 0 Å². The number of nitrogens with one attached hydrogen (secondary N) is 1. The van der Waals surface area contributed by atoms with Crippen molar-refractivity contribution in [3.8, 4) is 0 Å². The largest absolute Gasteiger partial charge is 0.370 e. The maximum Gasteiger partial charge on any atom is 0.189 e. The summed E-state index contributed by atoms with van der Waals surface area (Å²) in [5, 5.41) is 2.78. The van der Waals surface area contributed by atoms with Crippen LogP contribution >= 0.6 is 15.9 Å². The average Bonchev–Trinajstić information content (AvgIpc) is 2.24. The van der Waals surface area contributed by atoms with E-state index in [0.29, 0.717) is 11.0 Å². The second kappa shape index (κ2) is 6.49. The maximum absolute atomic E-state index is 13.5. The van der Waals surface area contributed by atoms with Crippen molar-refractivity contribution in [3.63, 3.8) is 0 Å². The Kier molecular flexibility index (Phi) is 5.27. The first kappa shape index (κ1) is 14.6. The van der Waals surface area contributed by atoms with E-state index >= 15 is 0 Å². The number of hydrogen-bond acceptors (Lipinski definition) is 1. The van der Waals surface area contributed by atoms with Gasteiger partial charge < -0.3 is 11.1 Å². The van der Waals surface area contributed by atoms with Gasteiger partial charge in [0.25, 0.3) is 0 Å². The molecule has 0 unspecified atom stereocenters. The summed E-state index contributed by atoms with van der Waals surface area (Å²) in [6.45, 7) is 5.83. The molecule has 0 aliphatic rings. The normalized spacial score (nSPS) is 11.4. The van der Waals surface area contributed by atoms with Gasteiger partial charge in [0, 0.05) is 16.6 Å². The highest BCUT2D eigenvalue weighted by molar-refractivity contribution is 9.10. The molecular formula is C12H14BrF2N3. The van der Waals surface area contributed by atoms with Crippen molar-refractivity contribution < 1.29 is 8.78 Å². The molecule has 0 fully saturated rings. The molecule has 0 atom stereocenters. The molecule has 0 aliphatic carbocycles. The third-order valence-corrected chi connectivity index (χ3v) is 2.54. The molecule has 0 aliphatic heterocycles. The number of nitrogens with two attached hydrogens (primary N) is 1. The summed E-state index contributed by atoms with van der Waals surface area (Å²) < 4.78 is 27.3. The van der Waals surface area contributed by atoms with E-state index in [1.165, 1.54) is 12.1 Å². The van der Waals surface area contributed by atoms with Crippen molar-refractivity contribution in [2.24, 2.45) is 10.7 Å². The standard InChI is InChI=1S/C12H14BrF2N3/c1-7(2)5-17-12(16)18-6-9-10(14)3-8(13)4-11(9)15/h3-4H,1,5-6H2,2H3,(H3,16,17,18). The van der Waals surface area contributed by atoms with E-state index in [9.17, 15) is 8.78 Å². The molecule has 0 saturated heterocycles. The predicted molar refractivity (Wildman–Crippen MR) is 72.2 cm³/mol. The van der Waals surface area contributed by atoms with Gasteiger partial charge in [-0.1, -0.05) is 28.1 Å². The van der Waals surface area contributed by atoms with E-state index in [1.54, 1.807) is 0 Å². The third kappa shape index (κ3) is 4.44. The van der Waals surface area contributed by atoms with Gasteiger partial charge in [-0.15, -0.1) is 0 Å². The van der Waals surface area contributed by atoms with Crippen molar-refractivity contribution in [1.29, 1.82) is 0 Å². The van der Waals surface area contributed by atoms with Gasteiger partial charge in [-0.25, -0.2) is 13.8 Å². The highest BCUT2D eigenvalue weighted by atomic mass is 79.9. The number of nitrogens with zero attached hydrogens (tertiary/aromatic N) is 1. The Hall–Kier alpha value is -1.43. The molecule has 6 heteroatoms. The second-order valence-corrected chi connectivity index (χ2v) is 4.78. The van der Waals surface area contributed by atoms with Crippen molar-refractivity contribution in [2.45, 2.75) is 13.5 Å². The van der Waals surface area contributed by atoms with Gasteiger partial charge in [0.15, 0.2) is 5.96 Å². The Balaban J connectivity index is 2.74. The van der Waals surface area contributed by atoms with E-state index in [0.717, 1.165) is 5.57 Å². The molecule has 98 valence electrons. The molecule has 3 nitrogen and oxygen atoms in total. The van der Waals surface area contributed by atoms with Gasteiger partial charge in [0.1, 0.15) is 11.6 Å². The molecule has 1 aromatic carbocycles. The van der Waals surface area contributed by atoms with E-state index in [4.69, 9.17) is 5.73 Å². The number of benzene rings is 1. The molecule has 0 aromatic heterocycles. The molecule has 0 bridgehead atoms. The third-order valence-electron chi connectivity index (χ3n) is 2.08. The van der Waals surface area contributed by atoms with Crippen molar-refractivity contribution in [2.75, 3.05) is 6.54 Å². The summed E-state index contributed by atoms with van der Waals surface area (Å²) >= 11 is 3.01. The van der Waals surface area contributed by atoms with Crippen LogP contribution in [0.1, 0.15) is 12.5 Å². The zero-order valence-electron chi connectivity index (χ0n) is 9.93. The first-order valence-electron chi connectivity index (χ1n) is 5.21. The van der Waals surface area contributed by atoms with E-state index < -0.39 is 11.6 Å². The summed E-state index contributed by atoms with van der Waals surface area (Å²) in [6.07, 6.45) is 0. The molecule has 0 heterocycles. The first-order chi connectivity index (χ1) is 8.40. The molecule has 18 heavy (non-hydrogen) atoms. The van der Waals surface area contributed by atoms with Crippen LogP contribution in [0.4, 0.5) is 8.78 Å². The van der Waals surface area contributed by atoms with Gasteiger partial charge in [-0.3, -0.25) is 0 Å². The summed E-state index contributed by atoms with van der Waals surface area (Å²) in [5.41, 5.74) is 6.31. The Bertz CT molecular complexity index is 463. The predicted octanol–water partition coefficient (Wildman–Crippen LogP) is 2.71. The van der Waals surface area contributed by atoms with Crippen molar-refractivity contribution >= 4 is 21.9 Å². The topological polar surface area (TPSA) is 50.4 Å². The lowest BCUT2D eigenvalue weighted by Crippen LogP contribution is -2.32. The summed E-state index contributed by atoms with van der Waals surface area (Å²) in [6, 6.07) is 2.37. The van der Waals surface area contributed by atoms with Crippen LogP contribution in [0.3, 0.4) is 0 Å². The molecule has 3 N–H and O–H groups in total. The SMILES string of the molecule is C=C(C)CNC(N)=NCc1c(F)cc(Br)cc1F. The maximum atomic E-state index is 13.5. The van der Waals surface area contributed by atoms with Crippen LogP contribution in [0.15, 0.2) is 33.7 Å². The quantitative estimate of drug-likeness (QED) is 0.509. The summed E-state index contributed by atoms with van der Waals surface area (Å²) in [7, 11) is 0. The van der Waals surface area contributed by atoms with E-state index in [-0.39, 0.29) is 18.1 Å². The van der Waals surface area contributed by atoms with Gasteiger partial charge >= 0.3 is 0 Å². The Morgan fingerprint density at radius 2 is 2.00 bits per heavy atom. The van der Waals surface area contributed by atoms with Crippen LogP contribution in [0.25, 0.3) is 0 Å². The van der Waals surface area contributed by atoms with E-state index in [2.05, 4.69) is 32.8 Å². The average molecular weight is 318 g/mol. The van der Waals surface area contributed by atoms with Crippen LogP contribution < -0.4 is 11.1 Å². The minimum atomic E-state index is -0.654. The Labute approximate surface area is 113 Å². The molecule has 0 saturated carbocycles. The molecular weight excluding hydrogens is 304 g/mol. The fourth-order valence-corrected chi connectivity index (χ4v) is 1.59. The summed E-state index contributed by atoms with van der Waals surface area (Å²) in [4.78, 5) is 3.86. The number of rotatable bonds is 4. The highest BCUT2D eigenvalue weighted by Crippen LogP contribution is 2.19. The van der Waals surface area contributed by atoms with Crippen LogP contribution in [-0.4, -0.2) is 12.5 Å². The van der Waals surface area contributed by atoms with Crippen molar-refractivity contribution in [1.82, 2.24) is 5.32 Å². The van der Waals surface area contributed by atoms with Crippen LogP contribution in [0.2, 0.25) is 0 Å². The monoisotopic (exact) mass is 317 g/mol. The molecule has 1 rings (SSSR count). The number of halogens is 3. The highest BCUT2D eigenvalue weighted by Gasteiger charge is 2.09. The Morgan fingerprint density at radius 3 is 2.50 bits per heavy atom. The van der Waals surface area contributed by atoms with Crippen LogP contribution in [0.5, 0.6) is 0 Å². The minimum Gasteiger partial charge on any atom is -0.370 e. The number of hydrogen-bond donors (Lipinski definition) is 2. The lowest BCUT2D eigenvalue weighted by atomic mass is 10.2. The molecule has 0 amide bonds. The smallest absolute Gasteiger partial charge is 0.189 e. The van der Waals surface area contributed by atoms with Gasteiger partial charge in [-0.05, 0) is 19.1 Å². The molecule has 1 aromatic rings. The minimum absolute atomic E-state index is 0.113. The lowest BCUT2D eigenvalue weighted by molar-refractivity contribution is 0.555. The number of guanidine groups is 1. The first-order valence-corrected chi connectivity index (χ1v) is 6.01. The van der Waals surface area contributed by atoms with Gasteiger partial charge in [0.05, 0.1) is 6.54 Å². The van der Waals surface area contributed by atoms with Crippen molar-refractivity contribution in [3.05, 3.63) is 46.0 Å². The zero-order chi connectivity index (χ0) is 13.7. The van der Waals surface area contributed by atoms with Crippen LogP contribution in [-0.2, 0) is 6.54 Å².